The average Bonchev–Trinajstić information content (AvgIpc) is 3.00. The molecule has 2 rings (SSSR count). The van der Waals surface area contributed by atoms with E-state index in [1.807, 2.05) is 7.05 Å². The lowest BCUT2D eigenvalue weighted by atomic mass is 10.2. The monoisotopic (exact) mass is 176 g/mol. The number of aromatic nitrogens is 1. The van der Waals surface area contributed by atoms with Crippen LogP contribution < -0.4 is 4.90 Å². The number of rotatable bonds is 3. The fourth-order valence-electron chi connectivity index (χ4n) is 1.43. The van der Waals surface area contributed by atoms with E-state index >= 15 is 0 Å². The van der Waals surface area contributed by atoms with Crippen molar-refractivity contribution < 1.29 is 4.79 Å². The summed E-state index contributed by atoms with van der Waals surface area (Å²) in [6, 6.07) is 4.18. The first-order valence-electron chi connectivity index (χ1n) is 4.46. The van der Waals surface area contributed by atoms with Crippen LogP contribution in [0.25, 0.3) is 0 Å². The largest absolute Gasteiger partial charge is 0.356 e. The SMILES string of the molecule is CN(c1ncccc1C=O)C1CC1. The molecule has 1 aliphatic carbocycles. The van der Waals surface area contributed by atoms with Crippen molar-refractivity contribution in [3.05, 3.63) is 23.9 Å². The van der Waals surface area contributed by atoms with E-state index in [0.29, 0.717) is 11.6 Å². The second kappa shape index (κ2) is 3.17. The summed E-state index contributed by atoms with van der Waals surface area (Å²) >= 11 is 0. The van der Waals surface area contributed by atoms with Crippen molar-refractivity contribution in [2.75, 3.05) is 11.9 Å². The Labute approximate surface area is 77.4 Å². The molecule has 0 aliphatic heterocycles. The Morgan fingerprint density at radius 1 is 1.62 bits per heavy atom. The molecule has 0 radical (unpaired) electrons. The first-order chi connectivity index (χ1) is 6.33. The summed E-state index contributed by atoms with van der Waals surface area (Å²) in [6.07, 6.45) is 5.01. The Morgan fingerprint density at radius 3 is 3.00 bits per heavy atom. The highest BCUT2D eigenvalue weighted by atomic mass is 16.1. The zero-order valence-corrected chi connectivity index (χ0v) is 7.60. The second-order valence-corrected chi connectivity index (χ2v) is 3.38. The van der Waals surface area contributed by atoms with Crippen LogP contribution >= 0.6 is 0 Å². The van der Waals surface area contributed by atoms with Crippen molar-refractivity contribution >= 4 is 12.1 Å². The molecule has 0 N–H and O–H groups in total. The summed E-state index contributed by atoms with van der Waals surface area (Å²) in [6.45, 7) is 0. The zero-order valence-electron chi connectivity index (χ0n) is 7.60. The van der Waals surface area contributed by atoms with E-state index in [9.17, 15) is 4.79 Å². The molecule has 68 valence electrons. The first-order valence-corrected chi connectivity index (χ1v) is 4.46. The number of aldehydes is 1. The van der Waals surface area contributed by atoms with Crippen molar-refractivity contribution in [3.63, 3.8) is 0 Å². The maximum Gasteiger partial charge on any atom is 0.153 e. The first kappa shape index (κ1) is 8.23. The van der Waals surface area contributed by atoms with E-state index in [1.165, 1.54) is 12.8 Å². The lowest BCUT2D eigenvalue weighted by molar-refractivity contribution is 0.112. The molecule has 1 aromatic rings. The van der Waals surface area contributed by atoms with Gasteiger partial charge in [-0.3, -0.25) is 4.79 Å². The van der Waals surface area contributed by atoms with Crippen molar-refractivity contribution in [2.24, 2.45) is 0 Å². The van der Waals surface area contributed by atoms with Gasteiger partial charge in [-0.05, 0) is 25.0 Å². The topological polar surface area (TPSA) is 33.2 Å². The minimum absolute atomic E-state index is 0.591. The quantitative estimate of drug-likeness (QED) is 0.654. The molecule has 3 nitrogen and oxygen atoms in total. The van der Waals surface area contributed by atoms with Crippen molar-refractivity contribution in [3.8, 4) is 0 Å². The van der Waals surface area contributed by atoms with Gasteiger partial charge >= 0.3 is 0 Å². The molecule has 1 fully saturated rings. The van der Waals surface area contributed by atoms with Crippen LogP contribution in [0.2, 0.25) is 0 Å². The Kier molecular flexibility index (Phi) is 2.00. The summed E-state index contributed by atoms with van der Waals surface area (Å²) in [7, 11) is 1.99. The molecular formula is C10H12N2O. The number of carbonyl (C=O) groups is 1. The molecular weight excluding hydrogens is 164 g/mol. The molecule has 1 heterocycles. The van der Waals surface area contributed by atoms with Gasteiger partial charge in [0, 0.05) is 19.3 Å². The summed E-state index contributed by atoms with van der Waals surface area (Å²) in [5, 5.41) is 0. The highest BCUT2D eigenvalue weighted by Gasteiger charge is 2.28. The third-order valence-corrected chi connectivity index (χ3v) is 2.37. The Morgan fingerprint density at radius 2 is 2.38 bits per heavy atom. The van der Waals surface area contributed by atoms with Gasteiger partial charge in [-0.15, -0.1) is 0 Å². The number of anilines is 1. The Bertz CT molecular complexity index is 320. The van der Waals surface area contributed by atoms with Gasteiger partial charge in [0.25, 0.3) is 0 Å². The van der Waals surface area contributed by atoms with Crippen molar-refractivity contribution in [2.45, 2.75) is 18.9 Å². The molecule has 0 unspecified atom stereocenters. The predicted molar refractivity (Wildman–Crippen MR) is 51.0 cm³/mol. The molecule has 0 spiro atoms. The molecule has 0 amide bonds. The van der Waals surface area contributed by atoms with Crippen LogP contribution in [0.15, 0.2) is 18.3 Å². The van der Waals surface area contributed by atoms with Gasteiger partial charge in [-0.1, -0.05) is 0 Å². The van der Waals surface area contributed by atoms with E-state index in [4.69, 9.17) is 0 Å². The fourth-order valence-corrected chi connectivity index (χ4v) is 1.43. The van der Waals surface area contributed by atoms with Crippen molar-refractivity contribution in [1.82, 2.24) is 4.98 Å². The average molecular weight is 176 g/mol. The third kappa shape index (κ3) is 1.54. The fraction of sp³-hybridized carbons (Fsp3) is 0.400. The lowest BCUT2D eigenvalue weighted by Crippen LogP contribution is -2.21. The minimum atomic E-state index is 0.591. The van der Waals surface area contributed by atoms with Gasteiger partial charge in [0.15, 0.2) is 6.29 Å². The van der Waals surface area contributed by atoms with Gasteiger partial charge in [0.2, 0.25) is 0 Å². The predicted octanol–water partition coefficient (Wildman–Crippen LogP) is 1.49. The number of pyridine rings is 1. The maximum absolute atomic E-state index is 10.7. The standard InChI is InChI=1S/C10H12N2O/c1-12(9-4-5-9)10-8(7-13)3-2-6-11-10/h2-3,6-7,9H,4-5H2,1H3. The normalized spacial score (nSPS) is 15.5. The van der Waals surface area contributed by atoms with Crippen LogP contribution in [0.5, 0.6) is 0 Å². The summed E-state index contributed by atoms with van der Waals surface area (Å²) in [5.74, 6) is 0.806. The van der Waals surface area contributed by atoms with E-state index in [-0.39, 0.29) is 0 Å². The second-order valence-electron chi connectivity index (χ2n) is 3.38. The molecule has 1 aromatic heterocycles. The Hall–Kier alpha value is -1.38. The number of carbonyl (C=O) groups excluding carboxylic acids is 1. The third-order valence-electron chi connectivity index (χ3n) is 2.37. The Balaban J connectivity index is 2.31. The van der Waals surface area contributed by atoms with Crippen LogP contribution in [-0.2, 0) is 0 Å². The van der Waals surface area contributed by atoms with Gasteiger partial charge in [-0.2, -0.15) is 0 Å². The maximum atomic E-state index is 10.7. The van der Waals surface area contributed by atoms with Gasteiger partial charge in [0.1, 0.15) is 5.82 Å². The van der Waals surface area contributed by atoms with Crippen molar-refractivity contribution in [1.29, 1.82) is 0 Å². The molecule has 0 saturated heterocycles. The lowest BCUT2D eigenvalue weighted by Gasteiger charge is -2.18. The molecule has 13 heavy (non-hydrogen) atoms. The van der Waals surface area contributed by atoms with E-state index < -0.39 is 0 Å². The molecule has 3 heteroatoms. The van der Waals surface area contributed by atoms with Gasteiger partial charge in [0.05, 0.1) is 5.56 Å². The molecule has 0 aromatic carbocycles. The van der Waals surface area contributed by atoms with Crippen LogP contribution in [-0.4, -0.2) is 24.4 Å². The van der Waals surface area contributed by atoms with E-state index in [1.54, 1.807) is 18.3 Å². The van der Waals surface area contributed by atoms with Crippen LogP contribution in [0.3, 0.4) is 0 Å². The molecule has 0 bridgehead atoms. The minimum Gasteiger partial charge on any atom is -0.356 e. The van der Waals surface area contributed by atoms with Crippen LogP contribution in [0.4, 0.5) is 5.82 Å². The summed E-state index contributed by atoms with van der Waals surface area (Å²) in [4.78, 5) is 17.0. The highest BCUT2D eigenvalue weighted by molar-refractivity contribution is 5.82. The molecule has 0 atom stereocenters. The van der Waals surface area contributed by atoms with E-state index in [0.717, 1.165) is 12.1 Å². The molecule has 1 aliphatic rings. The molecule has 1 saturated carbocycles. The van der Waals surface area contributed by atoms with Crippen LogP contribution in [0, 0.1) is 0 Å². The zero-order chi connectivity index (χ0) is 9.26. The van der Waals surface area contributed by atoms with Gasteiger partial charge < -0.3 is 4.90 Å². The number of nitrogens with zero attached hydrogens (tertiary/aromatic N) is 2. The number of hydrogen-bond donors (Lipinski definition) is 0. The summed E-state index contributed by atoms with van der Waals surface area (Å²) < 4.78 is 0. The number of hydrogen-bond acceptors (Lipinski definition) is 3. The van der Waals surface area contributed by atoms with Crippen LogP contribution in [0.1, 0.15) is 23.2 Å². The van der Waals surface area contributed by atoms with Gasteiger partial charge in [-0.25, -0.2) is 4.98 Å². The smallest absolute Gasteiger partial charge is 0.153 e. The highest BCUT2D eigenvalue weighted by Crippen LogP contribution is 2.29. The van der Waals surface area contributed by atoms with E-state index in [2.05, 4.69) is 9.88 Å². The summed E-state index contributed by atoms with van der Waals surface area (Å²) in [5.41, 5.74) is 0.678.